The van der Waals surface area contributed by atoms with Gasteiger partial charge < -0.3 is 25.1 Å². The van der Waals surface area contributed by atoms with E-state index in [9.17, 15) is 4.39 Å². The van der Waals surface area contributed by atoms with E-state index in [0.29, 0.717) is 67.1 Å². The Bertz CT molecular complexity index is 1110. The Morgan fingerprint density at radius 3 is 2.68 bits per heavy atom. The van der Waals surface area contributed by atoms with E-state index in [1.54, 1.807) is 6.08 Å². The van der Waals surface area contributed by atoms with Crippen molar-refractivity contribution < 1.29 is 13.9 Å². The van der Waals surface area contributed by atoms with E-state index >= 15 is 0 Å². The van der Waals surface area contributed by atoms with Crippen molar-refractivity contribution in [1.29, 1.82) is 0 Å². The number of fused-ring (bicyclic) bond motifs is 2. The van der Waals surface area contributed by atoms with Crippen LogP contribution in [0.25, 0.3) is 17.2 Å². The molecule has 0 fully saturated rings. The number of nitrogens with one attached hydrogen (secondary N) is 1. The van der Waals surface area contributed by atoms with Crippen LogP contribution in [0.2, 0.25) is 0 Å². The van der Waals surface area contributed by atoms with Crippen molar-refractivity contribution >= 4 is 23.1 Å². The first-order chi connectivity index (χ1) is 15.0. The normalized spacial score (nSPS) is 13.2. The van der Waals surface area contributed by atoms with E-state index in [-0.39, 0.29) is 5.82 Å². The van der Waals surface area contributed by atoms with Gasteiger partial charge in [0.15, 0.2) is 28.5 Å². The molecule has 4 rings (SSSR count). The molecule has 1 aliphatic rings. The van der Waals surface area contributed by atoms with Gasteiger partial charge in [-0.1, -0.05) is 26.5 Å². The van der Waals surface area contributed by atoms with E-state index in [1.165, 1.54) is 0 Å². The summed E-state index contributed by atoms with van der Waals surface area (Å²) in [5.41, 5.74) is 8.63. The van der Waals surface area contributed by atoms with Crippen LogP contribution in [0.3, 0.4) is 0 Å². The number of anilines is 1. The highest BCUT2D eigenvalue weighted by Crippen LogP contribution is 2.35. The zero-order valence-corrected chi connectivity index (χ0v) is 17.8. The molecule has 0 atom stereocenters. The summed E-state index contributed by atoms with van der Waals surface area (Å²) in [5, 5.41) is 3.40. The zero-order valence-electron chi connectivity index (χ0n) is 17.8. The molecule has 31 heavy (non-hydrogen) atoms. The largest absolute Gasteiger partial charge is 0.486 e. The number of nitrogens with two attached hydrogens (primary N) is 1. The number of benzene rings is 1. The Morgan fingerprint density at radius 2 is 1.97 bits per heavy atom. The molecule has 0 saturated carbocycles. The molecule has 0 bridgehead atoms. The third-order valence-electron chi connectivity index (χ3n) is 5.11. The van der Waals surface area contributed by atoms with Gasteiger partial charge in [-0.2, -0.15) is 14.4 Å². The molecule has 0 aliphatic carbocycles. The Kier molecular flexibility index (Phi) is 6.03. The quantitative estimate of drug-likeness (QED) is 0.422. The summed E-state index contributed by atoms with van der Waals surface area (Å²) >= 11 is 0. The molecule has 0 spiro atoms. The minimum atomic E-state index is -0.862. The molecule has 3 N–H and O–H groups in total. The fraction of sp³-hybridized carbons (Fsp3) is 0.409. The van der Waals surface area contributed by atoms with E-state index < -0.39 is 6.08 Å². The number of imidazole rings is 1. The van der Waals surface area contributed by atoms with Crippen molar-refractivity contribution in [2.24, 2.45) is 5.92 Å². The van der Waals surface area contributed by atoms with Gasteiger partial charge in [0.2, 0.25) is 0 Å². The first-order valence-corrected chi connectivity index (χ1v) is 10.4. The SMILES string of the molecule is C=Cc1cc2c(cc1Cc1nc3c(N)nc(F)nc3n1CCNCC(C)C)OCCO2. The number of hydrogen-bond donors (Lipinski definition) is 2. The van der Waals surface area contributed by atoms with Gasteiger partial charge in [0.05, 0.1) is 0 Å². The van der Waals surface area contributed by atoms with Crippen molar-refractivity contribution in [3.8, 4) is 11.5 Å². The predicted octanol–water partition coefficient (Wildman–Crippen LogP) is 2.80. The second kappa shape index (κ2) is 8.89. The molecule has 1 aliphatic heterocycles. The van der Waals surface area contributed by atoms with Crippen LogP contribution in [-0.2, 0) is 13.0 Å². The summed E-state index contributed by atoms with van der Waals surface area (Å²) in [5.74, 6) is 2.67. The lowest BCUT2D eigenvalue weighted by Crippen LogP contribution is -2.25. The average molecular weight is 426 g/mol. The van der Waals surface area contributed by atoms with Gasteiger partial charge in [-0.15, -0.1) is 0 Å². The highest BCUT2D eigenvalue weighted by atomic mass is 19.1. The van der Waals surface area contributed by atoms with Crippen LogP contribution in [0.5, 0.6) is 11.5 Å². The van der Waals surface area contributed by atoms with Crippen LogP contribution in [0.1, 0.15) is 30.8 Å². The molecule has 164 valence electrons. The molecule has 0 radical (unpaired) electrons. The highest BCUT2D eigenvalue weighted by molar-refractivity contribution is 5.82. The standard InChI is InChI=1S/C22H27FN6O2/c1-4-14-9-16-17(31-8-7-30-16)10-15(14)11-18-26-19-20(24)27-22(23)28-21(19)29(18)6-5-25-12-13(2)3/h4,9-10,13,25H,1,5-8,11-12H2,2-3H3,(H2,24,27,28). The number of ether oxygens (including phenoxy) is 2. The molecule has 3 heterocycles. The summed E-state index contributed by atoms with van der Waals surface area (Å²) in [6, 6.07) is 3.86. The van der Waals surface area contributed by atoms with Gasteiger partial charge in [0, 0.05) is 19.5 Å². The summed E-state index contributed by atoms with van der Waals surface area (Å²) in [4.78, 5) is 12.3. The summed E-state index contributed by atoms with van der Waals surface area (Å²) in [6.45, 7) is 11.4. The maximum absolute atomic E-state index is 13.9. The summed E-state index contributed by atoms with van der Waals surface area (Å²) in [6.07, 6.45) is 1.39. The Labute approximate surface area is 180 Å². The lowest BCUT2D eigenvalue weighted by molar-refractivity contribution is 0.171. The highest BCUT2D eigenvalue weighted by Gasteiger charge is 2.20. The first-order valence-electron chi connectivity index (χ1n) is 10.4. The molecule has 0 unspecified atom stereocenters. The van der Waals surface area contributed by atoms with Crippen molar-refractivity contribution in [2.75, 3.05) is 32.0 Å². The third kappa shape index (κ3) is 4.46. The number of nitrogen functional groups attached to an aromatic ring is 1. The Balaban J connectivity index is 1.72. The fourth-order valence-corrected chi connectivity index (χ4v) is 3.65. The molecule has 0 amide bonds. The molecular weight excluding hydrogens is 399 g/mol. The van der Waals surface area contributed by atoms with Crippen LogP contribution in [0.4, 0.5) is 10.2 Å². The van der Waals surface area contributed by atoms with Crippen LogP contribution in [0.15, 0.2) is 18.7 Å². The maximum Gasteiger partial charge on any atom is 0.312 e. The van der Waals surface area contributed by atoms with E-state index in [0.717, 1.165) is 17.7 Å². The van der Waals surface area contributed by atoms with Crippen LogP contribution < -0.4 is 20.5 Å². The van der Waals surface area contributed by atoms with Gasteiger partial charge in [-0.25, -0.2) is 4.98 Å². The number of nitrogens with zero attached hydrogens (tertiary/aromatic N) is 4. The van der Waals surface area contributed by atoms with Crippen molar-refractivity contribution in [3.63, 3.8) is 0 Å². The Hall–Kier alpha value is -3.20. The predicted molar refractivity (Wildman–Crippen MR) is 118 cm³/mol. The van der Waals surface area contributed by atoms with Gasteiger partial charge >= 0.3 is 6.08 Å². The minimum Gasteiger partial charge on any atom is -0.486 e. The summed E-state index contributed by atoms with van der Waals surface area (Å²) < 4.78 is 27.2. The van der Waals surface area contributed by atoms with Crippen LogP contribution >= 0.6 is 0 Å². The smallest absolute Gasteiger partial charge is 0.312 e. The molecule has 9 heteroatoms. The van der Waals surface area contributed by atoms with Crippen LogP contribution in [0, 0.1) is 12.0 Å². The number of aromatic nitrogens is 4. The average Bonchev–Trinajstić information content (AvgIpc) is 3.08. The number of halogens is 1. The molecular formula is C22H27FN6O2. The topological polar surface area (TPSA) is 100 Å². The molecule has 0 saturated heterocycles. The number of rotatable bonds is 8. The molecule has 1 aromatic carbocycles. The second-order valence-corrected chi connectivity index (χ2v) is 7.90. The first kappa shape index (κ1) is 21.0. The van der Waals surface area contributed by atoms with E-state index in [4.69, 9.17) is 15.2 Å². The lowest BCUT2D eigenvalue weighted by Gasteiger charge is -2.20. The van der Waals surface area contributed by atoms with Crippen molar-refractivity contribution in [1.82, 2.24) is 24.8 Å². The van der Waals surface area contributed by atoms with Crippen LogP contribution in [-0.4, -0.2) is 45.8 Å². The van der Waals surface area contributed by atoms with E-state index in [2.05, 4.69) is 40.7 Å². The van der Waals surface area contributed by atoms with Crippen molar-refractivity contribution in [3.05, 3.63) is 41.7 Å². The van der Waals surface area contributed by atoms with Gasteiger partial charge in [0.25, 0.3) is 0 Å². The van der Waals surface area contributed by atoms with Gasteiger partial charge in [-0.05, 0) is 35.7 Å². The zero-order chi connectivity index (χ0) is 22.0. The molecule has 3 aromatic rings. The molecule has 2 aromatic heterocycles. The van der Waals surface area contributed by atoms with Crippen molar-refractivity contribution in [2.45, 2.75) is 26.8 Å². The number of hydrogen-bond acceptors (Lipinski definition) is 7. The fourth-order valence-electron chi connectivity index (χ4n) is 3.65. The summed E-state index contributed by atoms with van der Waals surface area (Å²) in [7, 11) is 0. The van der Waals surface area contributed by atoms with Gasteiger partial charge in [0.1, 0.15) is 19.0 Å². The monoisotopic (exact) mass is 426 g/mol. The van der Waals surface area contributed by atoms with E-state index in [1.807, 2.05) is 16.7 Å². The second-order valence-electron chi connectivity index (χ2n) is 7.90. The lowest BCUT2D eigenvalue weighted by atomic mass is 10.0. The van der Waals surface area contributed by atoms with Gasteiger partial charge in [-0.3, -0.25) is 0 Å². The molecule has 8 nitrogen and oxygen atoms in total. The maximum atomic E-state index is 13.9. The Morgan fingerprint density at radius 1 is 1.23 bits per heavy atom. The minimum absolute atomic E-state index is 0.0313. The third-order valence-corrected chi connectivity index (χ3v) is 5.11.